The fourth-order valence-corrected chi connectivity index (χ4v) is 3.46. The van der Waals surface area contributed by atoms with Crippen LogP contribution in [0.25, 0.3) is 0 Å². The second kappa shape index (κ2) is 11.0. The number of carbonyl (C=O) groups is 2. The number of alkyl halides is 3. The lowest BCUT2D eigenvalue weighted by Gasteiger charge is -2.17. The first-order chi connectivity index (χ1) is 14.6. The number of hydrogen-bond acceptors (Lipinski definition) is 5. The molecule has 6 nitrogen and oxygen atoms in total. The van der Waals surface area contributed by atoms with Gasteiger partial charge in [0.05, 0.1) is 41.2 Å². The van der Waals surface area contributed by atoms with E-state index in [-0.39, 0.29) is 30.4 Å². The minimum Gasteiger partial charge on any atom is -0.325 e. The number of nitrogens with zero attached hydrogens (tertiary/aromatic N) is 2. The van der Waals surface area contributed by atoms with Gasteiger partial charge in [-0.25, -0.2) is 0 Å². The van der Waals surface area contributed by atoms with E-state index in [0.717, 1.165) is 17.0 Å². The summed E-state index contributed by atoms with van der Waals surface area (Å²) in [5.41, 5.74) is -0.554. The number of rotatable bonds is 8. The number of thioether (sulfide) groups is 1. The molecule has 0 aliphatic rings. The van der Waals surface area contributed by atoms with Gasteiger partial charge in [-0.1, -0.05) is 23.7 Å². The van der Waals surface area contributed by atoms with E-state index >= 15 is 0 Å². The molecule has 2 rings (SSSR count). The molecule has 0 aromatic heterocycles. The Morgan fingerprint density at radius 1 is 1.13 bits per heavy atom. The molecule has 0 aliphatic heterocycles. The molecule has 2 aromatic rings. The lowest BCUT2D eigenvalue weighted by molar-refractivity contribution is -0.137. The van der Waals surface area contributed by atoms with E-state index in [1.165, 1.54) is 29.8 Å². The predicted octanol–water partition coefficient (Wildman–Crippen LogP) is 4.48. The summed E-state index contributed by atoms with van der Waals surface area (Å²) in [5.74, 6) is -0.741. The number of benzene rings is 2. The molecule has 0 fully saturated rings. The lowest BCUT2D eigenvalue weighted by Crippen LogP contribution is -2.36. The first-order valence-electron chi connectivity index (χ1n) is 8.84. The minimum absolute atomic E-state index is 0.0528. The average molecular weight is 471 g/mol. The Balaban J connectivity index is 1.91. The Labute approximate surface area is 186 Å². The molecule has 2 aromatic carbocycles. The van der Waals surface area contributed by atoms with E-state index in [9.17, 15) is 22.8 Å². The van der Waals surface area contributed by atoms with E-state index in [0.29, 0.717) is 5.69 Å². The van der Waals surface area contributed by atoms with Crippen molar-refractivity contribution in [3.8, 4) is 6.07 Å². The van der Waals surface area contributed by atoms with Crippen LogP contribution in [0.5, 0.6) is 0 Å². The Hall–Kier alpha value is -2.74. The van der Waals surface area contributed by atoms with Crippen LogP contribution in [0.15, 0.2) is 47.4 Å². The van der Waals surface area contributed by atoms with Crippen LogP contribution in [-0.2, 0) is 15.8 Å². The van der Waals surface area contributed by atoms with Crippen molar-refractivity contribution < 1.29 is 22.8 Å². The number of hydrogen-bond donors (Lipinski definition) is 2. The van der Waals surface area contributed by atoms with Crippen LogP contribution in [0, 0.1) is 11.3 Å². The number of nitriles is 1. The van der Waals surface area contributed by atoms with Crippen molar-refractivity contribution in [1.82, 2.24) is 4.90 Å². The van der Waals surface area contributed by atoms with Crippen LogP contribution in [-0.4, -0.2) is 42.6 Å². The largest absolute Gasteiger partial charge is 0.417 e. The summed E-state index contributed by atoms with van der Waals surface area (Å²) in [6.07, 6.45) is -4.64. The van der Waals surface area contributed by atoms with Gasteiger partial charge in [-0.2, -0.15) is 18.4 Å². The third-order valence-corrected chi connectivity index (χ3v) is 5.11. The standard InChI is InChI=1S/C20H18ClF3N4O2S/c1-28(12-19(30)27-16-4-2-3-5-17(16)31-9-8-25)11-18(29)26-13-6-7-15(21)14(10-13)20(22,23)24/h2-7,10H,9,11-12H2,1H3,(H,26,29)(H,27,30). The molecule has 0 radical (unpaired) electrons. The van der Waals surface area contributed by atoms with Gasteiger partial charge in [0.2, 0.25) is 11.8 Å². The summed E-state index contributed by atoms with van der Waals surface area (Å²) in [4.78, 5) is 26.6. The molecule has 164 valence electrons. The van der Waals surface area contributed by atoms with E-state index in [1.807, 2.05) is 6.07 Å². The second-order valence-corrected chi connectivity index (χ2v) is 7.83. The number of likely N-dealkylation sites (N-methyl/N-ethyl adjacent to an activating group) is 1. The van der Waals surface area contributed by atoms with Crippen molar-refractivity contribution in [2.75, 3.05) is 36.5 Å². The van der Waals surface area contributed by atoms with Crippen LogP contribution in [0.3, 0.4) is 0 Å². The molecule has 0 saturated heterocycles. The van der Waals surface area contributed by atoms with Gasteiger partial charge in [0.25, 0.3) is 0 Å². The summed E-state index contributed by atoms with van der Waals surface area (Å²) in [6.45, 7) is -0.346. The van der Waals surface area contributed by atoms with Gasteiger partial charge < -0.3 is 10.6 Å². The first-order valence-corrected chi connectivity index (χ1v) is 10.2. The van der Waals surface area contributed by atoms with Crippen molar-refractivity contribution in [1.29, 1.82) is 5.26 Å². The van der Waals surface area contributed by atoms with Gasteiger partial charge in [0.15, 0.2) is 0 Å². The van der Waals surface area contributed by atoms with Crippen LogP contribution in [0.2, 0.25) is 5.02 Å². The van der Waals surface area contributed by atoms with Gasteiger partial charge in [0, 0.05) is 10.6 Å². The third-order valence-electron chi connectivity index (χ3n) is 3.84. The summed E-state index contributed by atoms with van der Waals surface area (Å²) in [6, 6.07) is 12.1. The van der Waals surface area contributed by atoms with Crippen LogP contribution in [0.4, 0.5) is 24.5 Å². The number of halogens is 4. The number of carbonyl (C=O) groups excluding carboxylic acids is 2. The number of para-hydroxylation sites is 1. The Morgan fingerprint density at radius 3 is 2.42 bits per heavy atom. The van der Waals surface area contributed by atoms with E-state index < -0.39 is 22.7 Å². The molecule has 0 aliphatic carbocycles. The summed E-state index contributed by atoms with van der Waals surface area (Å²) in [7, 11) is 1.53. The van der Waals surface area contributed by atoms with Gasteiger partial charge in [-0.05, 0) is 37.4 Å². The molecule has 0 unspecified atom stereocenters. The fraction of sp³-hybridized carbons (Fsp3) is 0.250. The van der Waals surface area contributed by atoms with Gasteiger partial charge in [-0.3, -0.25) is 14.5 Å². The molecule has 0 heterocycles. The maximum atomic E-state index is 12.9. The van der Waals surface area contributed by atoms with Gasteiger partial charge in [0.1, 0.15) is 0 Å². The molecule has 0 bridgehead atoms. The van der Waals surface area contributed by atoms with E-state index in [4.69, 9.17) is 16.9 Å². The topological polar surface area (TPSA) is 85.2 Å². The molecule has 2 N–H and O–H groups in total. The molecular formula is C20H18ClF3N4O2S. The van der Waals surface area contributed by atoms with Gasteiger partial charge in [-0.15, -0.1) is 11.8 Å². The Morgan fingerprint density at radius 2 is 1.77 bits per heavy atom. The van der Waals surface area contributed by atoms with Gasteiger partial charge >= 0.3 is 6.18 Å². The Bertz CT molecular complexity index is 995. The zero-order valence-electron chi connectivity index (χ0n) is 16.3. The smallest absolute Gasteiger partial charge is 0.325 e. The molecule has 31 heavy (non-hydrogen) atoms. The summed E-state index contributed by atoms with van der Waals surface area (Å²) < 4.78 is 38.8. The highest BCUT2D eigenvalue weighted by Gasteiger charge is 2.33. The third kappa shape index (κ3) is 7.79. The minimum atomic E-state index is -4.64. The number of anilines is 2. The molecule has 0 atom stereocenters. The van der Waals surface area contributed by atoms with Crippen LogP contribution in [0.1, 0.15) is 5.56 Å². The monoisotopic (exact) mass is 470 g/mol. The first kappa shape index (κ1) is 24.5. The van der Waals surface area contributed by atoms with Crippen molar-refractivity contribution in [2.24, 2.45) is 0 Å². The van der Waals surface area contributed by atoms with Crippen molar-refractivity contribution in [2.45, 2.75) is 11.1 Å². The number of amides is 2. The Kier molecular flexibility index (Phi) is 8.74. The van der Waals surface area contributed by atoms with E-state index in [1.54, 1.807) is 24.3 Å². The highest BCUT2D eigenvalue weighted by Crippen LogP contribution is 2.36. The normalized spacial score (nSPS) is 11.1. The zero-order chi connectivity index (χ0) is 23.0. The fourth-order valence-electron chi connectivity index (χ4n) is 2.56. The molecule has 2 amide bonds. The molecule has 0 saturated carbocycles. The van der Waals surface area contributed by atoms with Crippen LogP contribution < -0.4 is 10.6 Å². The van der Waals surface area contributed by atoms with Crippen molar-refractivity contribution in [3.05, 3.63) is 53.1 Å². The van der Waals surface area contributed by atoms with E-state index in [2.05, 4.69) is 10.6 Å². The predicted molar refractivity (Wildman–Crippen MR) is 114 cm³/mol. The van der Waals surface area contributed by atoms with Crippen molar-refractivity contribution >= 4 is 46.6 Å². The summed E-state index contributed by atoms with van der Waals surface area (Å²) >= 11 is 6.84. The molecule has 11 heteroatoms. The lowest BCUT2D eigenvalue weighted by atomic mass is 10.2. The quantitative estimate of drug-likeness (QED) is 0.555. The zero-order valence-corrected chi connectivity index (χ0v) is 17.9. The molecule has 0 spiro atoms. The van der Waals surface area contributed by atoms with Crippen molar-refractivity contribution in [3.63, 3.8) is 0 Å². The maximum absolute atomic E-state index is 12.9. The summed E-state index contributed by atoms with van der Waals surface area (Å²) in [5, 5.41) is 13.3. The number of nitrogens with one attached hydrogen (secondary N) is 2. The molecular weight excluding hydrogens is 453 g/mol. The SMILES string of the molecule is CN(CC(=O)Nc1ccc(Cl)c(C(F)(F)F)c1)CC(=O)Nc1ccccc1SCC#N. The maximum Gasteiger partial charge on any atom is 0.417 e. The highest BCUT2D eigenvalue weighted by atomic mass is 35.5. The average Bonchev–Trinajstić information content (AvgIpc) is 2.67. The van der Waals surface area contributed by atoms with Crippen LogP contribution >= 0.6 is 23.4 Å². The highest BCUT2D eigenvalue weighted by molar-refractivity contribution is 7.99. The second-order valence-electron chi connectivity index (χ2n) is 6.40.